The Bertz CT molecular complexity index is 334. The fourth-order valence-electron chi connectivity index (χ4n) is 2.94. The smallest absolute Gasteiger partial charge is 0.242 e. The molecule has 0 spiro atoms. The van der Waals surface area contributed by atoms with Crippen molar-refractivity contribution < 1.29 is 0 Å². The molecule has 5 heteroatoms. The molecule has 3 atom stereocenters. The third-order valence-corrected chi connectivity index (χ3v) is 3.67. The molecule has 5 nitrogen and oxygen atoms in total. The summed E-state index contributed by atoms with van der Waals surface area (Å²) in [5.41, 5.74) is 0. The van der Waals surface area contributed by atoms with Crippen LogP contribution in [0.1, 0.15) is 25.7 Å². The van der Waals surface area contributed by atoms with Crippen LogP contribution < -0.4 is 5.32 Å². The second-order valence-corrected chi connectivity index (χ2v) is 4.55. The molecule has 1 N–H and O–H groups in total. The van der Waals surface area contributed by atoms with Crippen molar-refractivity contribution in [1.29, 1.82) is 0 Å². The summed E-state index contributed by atoms with van der Waals surface area (Å²) in [5.74, 6) is 2.62. The summed E-state index contributed by atoms with van der Waals surface area (Å²) in [4.78, 5) is 0. The zero-order valence-corrected chi connectivity index (χ0v) is 8.35. The Hall–Kier alpha value is -1.13. The molecule has 2 aliphatic carbocycles. The molecule has 0 amide bonds. The van der Waals surface area contributed by atoms with E-state index in [1.165, 1.54) is 25.7 Å². The van der Waals surface area contributed by atoms with E-state index >= 15 is 0 Å². The summed E-state index contributed by atoms with van der Waals surface area (Å²) in [7, 11) is 1.87. The largest absolute Gasteiger partial charge is 0.350 e. The number of rotatable bonds is 2. The Kier molecular flexibility index (Phi) is 1.72. The standard InChI is InChI=1S/C9H15N5/c1-14-9(11-12-13-14)10-8-5-6-2-3-7(8)4-6/h6-8H,2-5H2,1H3,(H,10,11,13). The molecule has 2 aliphatic rings. The van der Waals surface area contributed by atoms with E-state index in [1.807, 2.05) is 7.05 Å². The highest BCUT2D eigenvalue weighted by Crippen LogP contribution is 2.45. The average molecular weight is 193 g/mol. The minimum atomic E-state index is 0.610. The van der Waals surface area contributed by atoms with Crippen molar-refractivity contribution >= 4 is 5.95 Å². The molecule has 0 saturated heterocycles. The Morgan fingerprint density at radius 2 is 2.29 bits per heavy atom. The van der Waals surface area contributed by atoms with Gasteiger partial charge in [0.05, 0.1) is 0 Å². The van der Waals surface area contributed by atoms with Crippen molar-refractivity contribution in [1.82, 2.24) is 20.2 Å². The number of fused-ring (bicyclic) bond motifs is 2. The fraction of sp³-hybridized carbons (Fsp3) is 0.889. The van der Waals surface area contributed by atoms with E-state index in [0.29, 0.717) is 6.04 Å². The Morgan fingerprint density at radius 3 is 2.86 bits per heavy atom. The van der Waals surface area contributed by atoms with E-state index in [2.05, 4.69) is 20.8 Å². The van der Waals surface area contributed by atoms with Crippen molar-refractivity contribution in [2.75, 3.05) is 5.32 Å². The molecule has 2 fully saturated rings. The molecule has 1 heterocycles. The molecule has 3 rings (SSSR count). The summed E-state index contributed by atoms with van der Waals surface area (Å²) in [5, 5.41) is 14.8. The Morgan fingerprint density at radius 1 is 1.36 bits per heavy atom. The molecule has 14 heavy (non-hydrogen) atoms. The monoisotopic (exact) mass is 193 g/mol. The molecule has 2 saturated carbocycles. The molecule has 1 aromatic heterocycles. The predicted octanol–water partition coefficient (Wildman–Crippen LogP) is 0.811. The number of nitrogens with one attached hydrogen (secondary N) is 1. The highest BCUT2D eigenvalue weighted by Gasteiger charge is 2.39. The number of anilines is 1. The van der Waals surface area contributed by atoms with Crippen molar-refractivity contribution in [2.24, 2.45) is 18.9 Å². The first-order valence-electron chi connectivity index (χ1n) is 5.32. The van der Waals surface area contributed by atoms with Crippen LogP contribution in [-0.4, -0.2) is 26.2 Å². The van der Waals surface area contributed by atoms with Crippen molar-refractivity contribution in [3.63, 3.8) is 0 Å². The topological polar surface area (TPSA) is 55.6 Å². The molecule has 0 aliphatic heterocycles. The normalized spacial score (nSPS) is 35.1. The minimum absolute atomic E-state index is 0.610. The van der Waals surface area contributed by atoms with E-state index in [1.54, 1.807) is 4.68 Å². The van der Waals surface area contributed by atoms with Gasteiger partial charge in [0.25, 0.3) is 0 Å². The minimum Gasteiger partial charge on any atom is -0.350 e. The highest BCUT2D eigenvalue weighted by atomic mass is 15.6. The van der Waals surface area contributed by atoms with Gasteiger partial charge in [-0.15, -0.1) is 0 Å². The summed E-state index contributed by atoms with van der Waals surface area (Å²) in [6.45, 7) is 0. The summed E-state index contributed by atoms with van der Waals surface area (Å²) in [6, 6.07) is 0.610. The van der Waals surface area contributed by atoms with E-state index in [0.717, 1.165) is 17.8 Å². The maximum absolute atomic E-state index is 3.95. The van der Waals surface area contributed by atoms with Crippen molar-refractivity contribution in [2.45, 2.75) is 31.7 Å². The Balaban J connectivity index is 1.71. The van der Waals surface area contributed by atoms with Crippen LogP contribution >= 0.6 is 0 Å². The van der Waals surface area contributed by atoms with Gasteiger partial charge in [-0.1, -0.05) is 11.5 Å². The molecule has 3 unspecified atom stereocenters. The molecule has 2 bridgehead atoms. The lowest BCUT2D eigenvalue weighted by Crippen LogP contribution is -2.27. The number of hydrogen-bond donors (Lipinski definition) is 1. The lowest BCUT2D eigenvalue weighted by atomic mass is 9.95. The SMILES string of the molecule is Cn1nnnc1NC1CC2CCC1C2. The van der Waals surface area contributed by atoms with Crippen LogP contribution in [0.3, 0.4) is 0 Å². The van der Waals surface area contributed by atoms with E-state index in [4.69, 9.17) is 0 Å². The van der Waals surface area contributed by atoms with Crippen LogP contribution in [0.15, 0.2) is 0 Å². The van der Waals surface area contributed by atoms with Gasteiger partial charge in [0, 0.05) is 13.1 Å². The molecular formula is C9H15N5. The van der Waals surface area contributed by atoms with Gasteiger partial charge in [-0.25, -0.2) is 4.68 Å². The molecule has 1 aromatic rings. The zero-order valence-electron chi connectivity index (χ0n) is 8.35. The van der Waals surface area contributed by atoms with E-state index in [9.17, 15) is 0 Å². The number of tetrazole rings is 1. The van der Waals surface area contributed by atoms with Crippen LogP contribution in [-0.2, 0) is 7.05 Å². The third-order valence-electron chi connectivity index (χ3n) is 3.67. The average Bonchev–Trinajstić information content (AvgIpc) is 2.83. The van der Waals surface area contributed by atoms with E-state index < -0.39 is 0 Å². The van der Waals surface area contributed by atoms with Crippen molar-refractivity contribution in [3.8, 4) is 0 Å². The van der Waals surface area contributed by atoms with Gasteiger partial charge in [-0.2, -0.15) is 0 Å². The summed E-state index contributed by atoms with van der Waals surface area (Å²) < 4.78 is 1.70. The number of hydrogen-bond acceptors (Lipinski definition) is 4. The van der Waals surface area contributed by atoms with Gasteiger partial charge < -0.3 is 5.32 Å². The van der Waals surface area contributed by atoms with Gasteiger partial charge in [0.1, 0.15) is 0 Å². The van der Waals surface area contributed by atoms with Gasteiger partial charge in [0.2, 0.25) is 5.95 Å². The van der Waals surface area contributed by atoms with Crippen LogP contribution in [0, 0.1) is 11.8 Å². The lowest BCUT2D eigenvalue weighted by Gasteiger charge is -2.22. The van der Waals surface area contributed by atoms with Crippen molar-refractivity contribution in [3.05, 3.63) is 0 Å². The highest BCUT2D eigenvalue weighted by molar-refractivity contribution is 5.25. The molecule has 76 valence electrons. The second-order valence-electron chi connectivity index (χ2n) is 4.55. The lowest BCUT2D eigenvalue weighted by molar-refractivity contribution is 0.436. The van der Waals surface area contributed by atoms with Crippen LogP contribution in [0.5, 0.6) is 0 Å². The number of nitrogens with zero attached hydrogens (tertiary/aromatic N) is 4. The third kappa shape index (κ3) is 1.19. The quantitative estimate of drug-likeness (QED) is 0.755. The van der Waals surface area contributed by atoms with Gasteiger partial charge in [0.15, 0.2) is 0 Å². The van der Waals surface area contributed by atoms with Crippen LogP contribution in [0.2, 0.25) is 0 Å². The first-order valence-corrected chi connectivity index (χ1v) is 5.32. The fourth-order valence-corrected chi connectivity index (χ4v) is 2.94. The van der Waals surface area contributed by atoms with E-state index in [-0.39, 0.29) is 0 Å². The maximum atomic E-state index is 3.95. The summed E-state index contributed by atoms with van der Waals surface area (Å²) in [6.07, 6.45) is 5.52. The van der Waals surface area contributed by atoms with Gasteiger partial charge in [-0.3, -0.25) is 0 Å². The Labute approximate surface area is 82.9 Å². The summed E-state index contributed by atoms with van der Waals surface area (Å²) >= 11 is 0. The van der Waals surface area contributed by atoms with Gasteiger partial charge >= 0.3 is 0 Å². The molecular weight excluding hydrogens is 178 g/mol. The first kappa shape index (κ1) is 8.20. The first-order chi connectivity index (χ1) is 6.83. The second kappa shape index (κ2) is 2.93. The van der Waals surface area contributed by atoms with Crippen LogP contribution in [0.25, 0.3) is 0 Å². The predicted molar refractivity (Wildman–Crippen MR) is 51.7 cm³/mol. The molecule has 0 radical (unpaired) electrons. The molecule has 0 aromatic carbocycles. The zero-order chi connectivity index (χ0) is 9.54. The number of aromatic nitrogens is 4. The maximum Gasteiger partial charge on any atom is 0.242 e. The van der Waals surface area contributed by atoms with Gasteiger partial charge in [-0.05, 0) is 41.5 Å². The number of aryl methyl sites for hydroxylation is 1. The van der Waals surface area contributed by atoms with Crippen LogP contribution in [0.4, 0.5) is 5.95 Å².